The molecular weight excluding hydrogens is 374 g/mol. The molecule has 2 aromatic rings. The van der Waals surface area contributed by atoms with E-state index in [1.54, 1.807) is 0 Å². The van der Waals surface area contributed by atoms with Crippen molar-refractivity contribution in [2.75, 3.05) is 0 Å². The predicted molar refractivity (Wildman–Crippen MR) is 94.4 cm³/mol. The molecule has 150 valence electrons. The molecule has 1 heterocycles. The molecule has 0 radical (unpaired) electrons. The van der Waals surface area contributed by atoms with Crippen molar-refractivity contribution in [1.29, 1.82) is 0 Å². The highest BCUT2D eigenvalue weighted by Crippen LogP contribution is 2.49. The maximum absolute atomic E-state index is 13.7. The average Bonchev–Trinajstić information content (AvgIpc) is 3.36. The van der Waals surface area contributed by atoms with Crippen LogP contribution in [0, 0.1) is 23.6 Å². The van der Waals surface area contributed by atoms with E-state index in [2.05, 4.69) is 10.4 Å². The molecule has 4 nitrogen and oxygen atoms in total. The van der Waals surface area contributed by atoms with E-state index in [1.807, 2.05) is 6.92 Å². The van der Waals surface area contributed by atoms with Crippen LogP contribution in [0.4, 0.5) is 17.6 Å². The molecule has 2 aliphatic carbocycles. The Kier molecular flexibility index (Phi) is 4.67. The Balaban J connectivity index is 1.60. The van der Waals surface area contributed by atoms with Crippen LogP contribution in [0.5, 0.6) is 0 Å². The lowest BCUT2D eigenvalue weighted by atomic mass is 9.84. The van der Waals surface area contributed by atoms with E-state index in [-0.39, 0.29) is 11.7 Å². The Bertz CT molecular complexity index is 875. The number of fused-ring (bicyclic) bond motifs is 2. The largest absolute Gasteiger partial charge is 0.434 e. The number of nitrogens with zero attached hydrogens (tertiary/aromatic N) is 2. The van der Waals surface area contributed by atoms with Crippen molar-refractivity contribution in [2.45, 2.75) is 44.8 Å². The van der Waals surface area contributed by atoms with Crippen LogP contribution < -0.4 is 5.32 Å². The Morgan fingerprint density at radius 2 is 1.93 bits per heavy atom. The van der Waals surface area contributed by atoms with Gasteiger partial charge < -0.3 is 5.32 Å². The third-order valence-electron chi connectivity index (χ3n) is 6.15. The topological polar surface area (TPSA) is 46.9 Å². The normalized spacial score (nSPS) is 25.1. The standard InChI is InChI=1S/C20H21F4N3O/c1-11(16-9-12-2-3-13(16)8-12)26-19(28)17-10-25-27(18(17)20(22,23)24)15-6-4-14(21)5-7-15/h4-7,10-13,16H,2-3,8-9H2,1H3,(H,26,28)/t11-,12-,13-,16-/m0/s1. The van der Waals surface area contributed by atoms with Crippen LogP contribution in [0.1, 0.15) is 48.7 Å². The monoisotopic (exact) mass is 395 g/mol. The zero-order valence-electron chi connectivity index (χ0n) is 15.3. The Morgan fingerprint density at radius 3 is 2.50 bits per heavy atom. The Hall–Kier alpha value is -2.38. The molecule has 0 aliphatic heterocycles. The first kappa shape index (κ1) is 19.0. The molecule has 0 saturated heterocycles. The number of amides is 1. The van der Waals surface area contributed by atoms with E-state index < -0.39 is 29.2 Å². The first-order chi connectivity index (χ1) is 13.2. The van der Waals surface area contributed by atoms with E-state index in [1.165, 1.54) is 18.6 Å². The SMILES string of the molecule is C[C@H](NC(=O)c1cnn(-c2ccc(F)cc2)c1C(F)(F)F)[C@@H]1C[C@H]2CC[C@H]1C2. The number of carbonyl (C=O) groups is 1. The maximum Gasteiger partial charge on any atom is 0.434 e. The summed E-state index contributed by atoms with van der Waals surface area (Å²) in [6.07, 6.45) is 0.660. The summed E-state index contributed by atoms with van der Waals surface area (Å²) in [7, 11) is 0. The number of hydrogen-bond acceptors (Lipinski definition) is 2. The van der Waals surface area contributed by atoms with Crippen molar-refractivity contribution < 1.29 is 22.4 Å². The highest BCUT2D eigenvalue weighted by molar-refractivity contribution is 5.95. The second-order valence-electron chi connectivity index (χ2n) is 7.89. The van der Waals surface area contributed by atoms with Crippen molar-refractivity contribution in [3.63, 3.8) is 0 Å². The molecule has 1 aromatic heterocycles. The average molecular weight is 395 g/mol. The van der Waals surface area contributed by atoms with E-state index in [0.717, 1.165) is 37.6 Å². The molecular formula is C20H21F4N3O. The lowest BCUT2D eigenvalue weighted by Crippen LogP contribution is -2.40. The minimum absolute atomic E-state index is 0.0360. The second-order valence-corrected chi connectivity index (χ2v) is 7.89. The molecule has 28 heavy (non-hydrogen) atoms. The van der Waals surface area contributed by atoms with Gasteiger partial charge >= 0.3 is 6.18 Å². The van der Waals surface area contributed by atoms with Gasteiger partial charge in [0.05, 0.1) is 17.4 Å². The Morgan fingerprint density at radius 1 is 1.21 bits per heavy atom. The number of hydrogen-bond donors (Lipinski definition) is 1. The number of benzene rings is 1. The van der Waals surface area contributed by atoms with Crippen molar-refractivity contribution in [2.24, 2.45) is 17.8 Å². The number of aromatic nitrogens is 2. The van der Waals surface area contributed by atoms with Crippen LogP contribution in [0.2, 0.25) is 0 Å². The van der Waals surface area contributed by atoms with Gasteiger partial charge in [0.25, 0.3) is 5.91 Å². The van der Waals surface area contributed by atoms with Gasteiger partial charge in [-0.25, -0.2) is 9.07 Å². The van der Waals surface area contributed by atoms with Crippen LogP contribution >= 0.6 is 0 Å². The summed E-state index contributed by atoms with van der Waals surface area (Å²) >= 11 is 0. The zero-order chi connectivity index (χ0) is 20.1. The molecule has 1 amide bonds. The maximum atomic E-state index is 13.7. The van der Waals surface area contributed by atoms with Gasteiger partial charge in [0.2, 0.25) is 0 Å². The molecule has 2 bridgehead atoms. The quantitative estimate of drug-likeness (QED) is 0.770. The Labute approximate surface area is 159 Å². The smallest absolute Gasteiger partial charge is 0.349 e. The lowest BCUT2D eigenvalue weighted by molar-refractivity contribution is -0.143. The van der Waals surface area contributed by atoms with Gasteiger partial charge in [-0.1, -0.05) is 6.42 Å². The third-order valence-corrected chi connectivity index (χ3v) is 6.15. The molecule has 0 unspecified atom stereocenters. The van der Waals surface area contributed by atoms with Crippen molar-refractivity contribution in [3.05, 3.63) is 47.5 Å². The van der Waals surface area contributed by atoms with E-state index in [0.29, 0.717) is 22.4 Å². The fourth-order valence-electron chi connectivity index (χ4n) is 4.86. The van der Waals surface area contributed by atoms with Crippen LogP contribution in [-0.2, 0) is 6.18 Å². The summed E-state index contributed by atoms with van der Waals surface area (Å²) < 4.78 is 54.9. The van der Waals surface area contributed by atoms with Crippen LogP contribution in [-0.4, -0.2) is 21.7 Å². The molecule has 4 atom stereocenters. The fraction of sp³-hybridized carbons (Fsp3) is 0.500. The number of nitrogens with one attached hydrogen (secondary N) is 1. The van der Waals surface area contributed by atoms with Crippen molar-refractivity contribution >= 4 is 5.91 Å². The summed E-state index contributed by atoms with van der Waals surface area (Å²) in [5, 5.41) is 6.52. The van der Waals surface area contributed by atoms with E-state index >= 15 is 0 Å². The minimum Gasteiger partial charge on any atom is -0.349 e. The number of carbonyl (C=O) groups excluding carboxylic acids is 1. The predicted octanol–water partition coefficient (Wildman–Crippen LogP) is 4.58. The van der Waals surface area contributed by atoms with Gasteiger partial charge in [-0.15, -0.1) is 0 Å². The third kappa shape index (κ3) is 3.40. The van der Waals surface area contributed by atoms with Gasteiger partial charge in [0.15, 0.2) is 5.69 Å². The minimum atomic E-state index is -4.78. The molecule has 8 heteroatoms. The number of alkyl halides is 3. The van der Waals surface area contributed by atoms with Crippen molar-refractivity contribution in [1.82, 2.24) is 15.1 Å². The van der Waals surface area contributed by atoms with Gasteiger partial charge in [0.1, 0.15) is 5.82 Å². The van der Waals surface area contributed by atoms with Gasteiger partial charge in [-0.05, 0) is 68.2 Å². The fourth-order valence-corrected chi connectivity index (χ4v) is 4.86. The number of rotatable bonds is 4. The molecule has 2 saturated carbocycles. The summed E-state index contributed by atoms with van der Waals surface area (Å²) in [5.41, 5.74) is -1.64. The molecule has 0 spiro atoms. The first-order valence-electron chi connectivity index (χ1n) is 9.46. The van der Waals surface area contributed by atoms with E-state index in [4.69, 9.17) is 0 Å². The van der Waals surface area contributed by atoms with Gasteiger partial charge in [-0.3, -0.25) is 4.79 Å². The summed E-state index contributed by atoms with van der Waals surface area (Å²) in [6, 6.07) is 4.29. The lowest BCUT2D eigenvalue weighted by Gasteiger charge is -2.28. The van der Waals surface area contributed by atoms with Crippen molar-refractivity contribution in [3.8, 4) is 5.69 Å². The zero-order valence-corrected chi connectivity index (χ0v) is 15.3. The molecule has 1 aromatic carbocycles. The highest BCUT2D eigenvalue weighted by Gasteiger charge is 2.44. The molecule has 2 fully saturated rings. The van der Waals surface area contributed by atoms with Crippen LogP contribution in [0.15, 0.2) is 30.5 Å². The van der Waals surface area contributed by atoms with Gasteiger partial charge in [-0.2, -0.15) is 18.3 Å². The van der Waals surface area contributed by atoms with Gasteiger partial charge in [0, 0.05) is 6.04 Å². The number of halogens is 4. The van der Waals surface area contributed by atoms with Crippen LogP contribution in [0.25, 0.3) is 5.69 Å². The van der Waals surface area contributed by atoms with Crippen LogP contribution in [0.3, 0.4) is 0 Å². The molecule has 2 aliphatic rings. The molecule has 1 N–H and O–H groups in total. The first-order valence-corrected chi connectivity index (χ1v) is 9.46. The summed E-state index contributed by atoms with van der Waals surface area (Å²) in [5.74, 6) is 0.188. The molecule has 4 rings (SSSR count). The second kappa shape index (κ2) is 6.90. The summed E-state index contributed by atoms with van der Waals surface area (Å²) in [4.78, 5) is 12.7. The van der Waals surface area contributed by atoms with E-state index in [9.17, 15) is 22.4 Å². The summed E-state index contributed by atoms with van der Waals surface area (Å²) in [6.45, 7) is 1.86. The highest BCUT2D eigenvalue weighted by atomic mass is 19.4.